The topological polar surface area (TPSA) is 90.8 Å². The molecule has 1 saturated carbocycles. The van der Waals surface area contributed by atoms with Crippen LogP contribution in [0, 0.1) is 0 Å². The molecule has 6 rings (SSSR count). The summed E-state index contributed by atoms with van der Waals surface area (Å²) in [7, 11) is 0. The monoisotopic (exact) mass is 442 g/mol. The van der Waals surface area contributed by atoms with E-state index in [2.05, 4.69) is 29.4 Å². The van der Waals surface area contributed by atoms with Crippen molar-refractivity contribution in [2.45, 2.75) is 57.2 Å². The van der Waals surface area contributed by atoms with E-state index in [1.807, 2.05) is 33.8 Å². The summed E-state index contributed by atoms with van der Waals surface area (Å²) in [4.78, 5) is 13.3. The summed E-state index contributed by atoms with van der Waals surface area (Å²) in [6.45, 7) is 0.554. The first-order valence-electron chi connectivity index (χ1n) is 11.7. The molecule has 1 aromatic carbocycles. The summed E-state index contributed by atoms with van der Waals surface area (Å²) in [5.74, 6) is 0. The predicted molar refractivity (Wildman–Crippen MR) is 124 cm³/mol. The van der Waals surface area contributed by atoms with Gasteiger partial charge in [0.2, 0.25) is 0 Å². The number of rotatable bonds is 4. The second-order valence-electron chi connectivity index (χ2n) is 8.93. The van der Waals surface area contributed by atoms with Crippen molar-refractivity contribution in [3.05, 3.63) is 69.2 Å². The van der Waals surface area contributed by atoms with E-state index in [4.69, 9.17) is 10.2 Å². The van der Waals surface area contributed by atoms with Gasteiger partial charge in [-0.05, 0) is 49.4 Å². The Morgan fingerprint density at radius 1 is 1.00 bits per heavy atom. The van der Waals surface area contributed by atoms with Gasteiger partial charge in [0.05, 0.1) is 29.7 Å². The average molecular weight is 443 g/mol. The fourth-order valence-corrected chi connectivity index (χ4v) is 5.05. The number of fused-ring (bicyclic) bond motifs is 3. The van der Waals surface area contributed by atoms with Gasteiger partial charge in [-0.3, -0.25) is 9.48 Å². The van der Waals surface area contributed by atoms with Gasteiger partial charge in [-0.25, -0.2) is 9.36 Å². The quantitative estimate of drug-likeness (QED) is 0.519. The van der Waals surface area contributed by atoms with Crippen molar-refractivity contribution in [1.29, 1.82) is 0 Å². The van der Waals surface area contributed by atoms with E-state index in [-0.39, 0.29) is 11.6 Å². The lowest BCUT2D eigenvalue weighted by molar-refractivity contribution is 0.0681. The van der Waals surface area contributed by atoms with Crippen LogP contribution < -0.4 is 16.1 Å². The molecule has 0 spiro atoms. The number of hydrogen-bond acceptors (Lipinski definition) is 5. The van der Waals surface area contributed by atoms with E-state index >= 15 is 0 Å². The Balaban J connectivity index is 1.43. The summed E-state index contributed by atoms with van der Waals surface area (Å²) >= 11 is 0. The molecule has 33 heavy (non-hydrogen) atoms. The van der Waals surface area contributed by atoms with Gasteiger partial charge in [0, 0.05) is 17.6 Å². The maximum atomic E-state index is 13.3. The molecule has 168 valence electrons. The van der Waals surface area contributed by atoms with Crippen molar-refractivity contribution in [3.8, 4) is 17.1 Å². The van der Waals surface area contributed by atoms with Crippen LogP contribution in [0.3, 0.4) is 0 Å². The molecule has 2 aliphatic carbocycles. The number of hydrogen-bond donors (Lipinski definition) is 1. The molecule has 4 aliphatic rings. The van der Waals surface area contributed by atoms with Crippen LogP contribution in [0.2, 0.25) is 0 Å². The van der Waals surface area contributed by atoms with Crippen LogP contribution in [0.4, 0.5) is 0 Å². The average Bonchev–Trinajstić information content (AvgIpc) is 3.49. The van der Waals surface area contributed by atoms with Crippen LogP contribution in [0.15, 0.2) is 47.5 Å². The van der Waals surface area contributed by atoms with E-state index < -0.39 is 6.10 Å². The van der Waals surface area contributed by atoms with Crippen molar-refractivity contribution < 1.29 is 5.11 Å². The fraction of sp³-hybridized carbons (Fsp3) is 0.360. The van der Waals surface area contributed by atoms with E-state index in [9.17, 15) is 9.90 Å². The fourth-order valence-electron chi connectivity index (χ4n) is 5.05. The standard InChI is InChI=1S/C25H26N6O2/c32-22-9-4-3-8-21(22)31-25(33)24-23(28-31)19-6-1-2-7-20(19)30(27-24)16-17-10-12-18(13-11-17)29-15-5-14-26-29/h5-7,10-15,21-22,32H,1-4,8-9,16H2. The Morgan fingerprint density at radius 3 is 2.61 bits per heavy atom. The van der Waals surface area contributed by atoms with Gasteiger partial charge in [-0.2, -0.15) is 15.3 Å². The first-order chi connectivity index (χ1) is 16.2. The van der Waals surface area contributed by atoms with Gasteiger partial charge in [0.1, 0.15) is 5.69 Å². The molecule has 8 heteroatoms. The Labute approximate surface area is 190 Å². The van der Waals surface area contributed by atoms with Crippen LogP contribution in [-0.2, 0) is 6.54 Å². The third kappa shape index (κ3) is 3.51. The van der Waals surface area contributed by atoms with Crippen molar-refractivity contribution in [2.75, 3.05) is 0 Å². The highest BCUT2D eigenvalue weighted by atomic mass is 16.3. The normalized spacial score (nSPS) is 20.3. The zero-order valence-electron chi connectivity index (χ0n) is 18.3. The number of aromatic nitrogens is 6. The number of aliphatic hydroxyl groups is 1. The minimum atomic E-state index is -0.535. The van der Waals surface area contributed by atoms with Crippen molar-refractivity contribution in [2.24, 2.45) is 0 Å². The highest BCUT2D eigenvalue weighted by Crippen LogP contribution is 2.28. The van der Waals surface area contributed by atoms with Gasteiger partial charge in [0.15, 0.2) is 5.69 Å². The first-order valence-corrected chi connectivity index (χ1v) is 11.7. The smallest absolute Gasteiger partial charge is 0.297 e. The summed E-state index contributed by atoms with van der Waals surface area (Å²) in [6.07, 6.45) is 12.8. The highest BCUT2D eigenvalue weighted by Gasteiger charge is 2.30. The molecule has 3 heterocycles. The Morgan fingerprint density at radius 2 is 1.82 bits per heavy atom. The Hall–Kier alpha value is -3.52. The predicted octanol–water partition coefficient (Wildman–Crippen LogP) is 1.61. The molecule has 2 unspecified atom stereocenters. The molecule has 1 N–H and O–H groups in total. The van der Waals surface area contributed by atoms with Crippen LogP contribution in [-0.4, -0.2) is 40.6 Å². The highest BCUT2D eigenvalue weighted by molar-refractivity contribution is 5.58. The Kier molecular flexibility index (Phi) is 4.95. The molecule has 0 bridgehead atoms. The van der Waals surface area contributed by atoms with Crippen molar-refractivity contribution in [1.82, 2.24) is 29.3 Å². The molecule has 2 aliphatic heterocycles. The molecule has 0 radical (unpaired) electrons. The molecule has 2 aromatic rings. The lowest BCUT2D eigenvalue weighted by atomic mass is 9.93. The van der Waals surface area contributed by atoms with Crippen LogP contribution >= 0.6 is 0 Å². The third-order valence-electron chi connectivity index (χ3n) is 6.77. The Bertz CT molecular complexity index is 1430. The lowest BCUT2D eigenvalue weighted by Crippen LogP contribution is -2.41. The summed E-state index contributed by atoms with van der Waals surface area (Å²) in [5.41, 5.74) is 2.90. The zero-order valence-corrected chi connectivity index (χ0v) is 18.3. The van der Waals surface area contributed by atoms with Crippen LogP contribution in [0.5, 0.6) is 0 Å². The minimum absolute atomic E-state index is 0.208. The summed E-state index contributed by atoms with van der Waals surface area (Å²) < 4.78 is 5.23. The van der Waals surface area contributed by atoms with Gasteiger partial charge in [0.25, 0.3) is 5.56 Å². The molecular weight excluding hydrogens is 416 g/mol. The second-order valence-corrected chi connectivity index (χ2v) is 8.93. The zero-order chi connectivity index (χ0) is 22.4. The van der Waals surface area contributed by atoms with Gasteiger partial charge in [-0.15, -0.1) is 0 Å². The molecule has 0 amide bonds. The summed E-state index contributed by atoms with van der Waals surface area (Å²) in [5, 5.41) is 26.2. The van der Waals surface area contributed by atoms with Crippen LogP contribution in [0.25, 0.3) is 29.2 Å². The maximum absolute atomic E-state index is 13.3. The van der Waals surface area contributed by atoms with E-state index in [1.165, 1.54) is 4.68 Å². The van der Waals surface area contributed by atoms with Gasteiger partial charge in [-0.1, -0.05) is 37.1 Å². The van der Waals surface area contributed by atoms with Crippen LogP contribution in [0.1, 0.15) is 50.1 Å². The van der Waals surface area contributed by atoms with Gasteiger partial charge >= 0.3 is 0 Å². The molecule has 2 atom stereocenters. The summed E-state index contributed by atoms with van der Waals surface area (Å²) in [6, 6.07) is 9.82. The first kappa shape index (κ1) is 20.1. The number of aliphatic hydroxyl groups excluding tert-OH is 1. The van der Waals surface area contributed by atoms with E-state index in [1.54, 1.807) is 6.20 Å². The van der Waals surface area contributed by atoms with E-state index in [0.717, 1.165) is 53.9 Å². The molecule has 8 nitrogen and oxygen atoms in total. The maximum Gasteiger partial charge on any atom is 0.297 e. The SMILES string of the molecule is O=c1c2nn(Cc3ccc(-n4cccn4)cc3)c3c(c-2nn1C1CCCCC1O)=CCCC=3. The number of nitrogens with zero attached hydrogens (tertiary/aromatic N) is 6. The minimum Gasteiger partial charge on any atom is -0.391 e. The van der Waals surface area contributed by atoms with Crippen molar-refractivity contribution >= 4 is 12.2 Å². The van der Waals surface area contributed by atoms with Crippen molar-refractivity contribution in [3.63, 3.8) is 0 Å². The lowest BCUT2D eigenvalue weighted by Gasteiger charge is -2.26. The molecule has 0 saturated heterocycles. The molecule has 1 aromatic heterocycles. The third-order valence-corrected chi connectivity index (χ3v) is 6.77. The van der Waals surface area contributed by atoms with Gasteiger partial charge < -0.3 is 5.11 Å². The molecule has 1 fully saturated rings. The number of benzene rings is 1. The largest absolute Gasteiger partial charge is 0.391 e. The second kappa shape index (κ2) is 8.12. The molecular formula is C25H26N6O2. The van der Waals surface area contributed by atoms with E-state index in [0.29, 0.717) is 24.4 Å².